The zero-order valence-electron chi connectivity index (χ0n) is 17.7. The Morgan fingerprint density at radius 1 is 1.15 bits per heavy atom. The van der Waals surface area contributed by atoms with Gasteiger partial charge in [0.15, 0.2) is 0 Å². The highest BCUT2D eigenvalue weighted by atomic mass is 16.5. The molecule has 1 aliphatic rings. The van der Waals surface area contributed by atoms with E-state index in [1.807, 2.05) is 0 Å². The molecule has 1 aliphatic heterocycles. The molecular formula is C23H39NO2. The van der Waals surface area contributed by atoms with E-state index in [-0.39, 0.29) is 11.7 Å². The molecule has 1 aromatic rings. The van der Waals surface area contributed by atoms with Crippen LogP contribution in [0.15, 0.2) is 24.3 Å². The molecule has 1 heterocycles. The van der Waals surface area contributed by atoms with Crippen molar-refractivity contribution in [3.05, 3.63) is 29.8 Å². The largest absolute Gasteiger partial charge is 0.491 e. The first-order valence-corrected chi connectivity index (χ1v) is 10.4. The van der Waals surface area contributed by atoms with Crippen LogP contribution in [0.5, 0.6) is 5.75 Å². The van der Waals surface area contributed by atoms with Gasteiger partial charge in [-0.05, 0) is 89.0 Å². The van der Waals surface area contributed by atoms with Gasteiger partial charge in [-0.2, -0.15) is 0 Å². The summed E-state index contributed by atoms with van der Waals surface area (Å²) in [6.45, 7) is 16.3. The van der Waals surface area contributed by atoms with Gasteiger partial charge in [0.1, 0.15) is 5.75 Å². The number of nitrogens with one attached hydrogen (secondary N) is 1. The van der Waals surface area contributed by atoms with Gasteiger partial charge in [-0.3, -0.25) is 0 Å². The van der Waals surface area contributed by atoms with Crippen molar-refractivity contribution in [1.29, 1.82) is 0 Å². The van der Waals surface area contributed by atoms with Crippen LogP contribution >= 0.6 is 0 Å². The number of hydrogen-bond acceptors (Lipinski definition) is 3. The lowest BCUT2D eigenvalue weighted by Gasteiger charge is -2.40. The molecule has 0 amide bonds. The lowest BCUT2D eigenvalue weighted by Crippen LogP contribution is -2.38. The van der Waals surface area contributed by atoms with Crippen LogP contribution in [0.2, 0.25) is 0 Å². The molecule has 1 saturated heterocycles. The second kappa shape index (κ2) is 9.75. The summed E-state index contributed by atoms with van der Waals surface area (Å²) in [6.07, 6.45) is 3.87. The van der Waals surface area contributed by atoms with Crippen molar-refractivity contribution in [2.45, 2.75) is 79.1 Å². The molecule has 148 valence electrons. The Kier molecular flexibility index (Phi) is 7.97. The van der Waals surface area contributed by atoms with Gasteiger partial charge >= 0.3 is 0 Å². The van der Waals surface area contributed by atoms with Crippen molar-refractivity contribution < 1.29 is 9.47 Å². The molecule has 0 aliphatic carbocycles. The molecule has 1 fully saturated rings. The summed E-state index contributed by atoms with van der Waals surface area (Å²) in [4.78, 5) is 0. The molecule has 26 heavy (non-hydrogen) atoms. The van der Waals surface area contributed by atoms with Gasteiger partial charge in [0.2, 0.25) is 0 Å². The Bertz CT molecular complexity index is 522. The lowest BCUT2D eigenvalue weighted by atomic mass is 9.73. The second-order valence-corrected chi connectivity index (χ2v) is 9.04. The Balaban J connectivity index is 1.77. The van der Waals surface area contributed by atoms with Gasteiger partial charge < -0.3 is 14.8 Å². The maximum absolute atomic E-state index is 5.92. The molecule has 0 spiro atoms. The van der Waals surface area contributed by atoms with Crippen LogP contribution in [0.1, 0.15) is 66.4 Å². The molecule has 0 saturated carbocycles. The first-order chi connectivity index (χ1) is 12.3. The van der Waals surface area contributed by atoms with Crippen molar-refractivity contribution in [1.82, 2.24) is 5.32 Å². The first kappa shape index (κ1) is 21.2. The summed E-state index contributed by atoms with van der Waals surface area (Å²) in [5.41, 5.74) is 1.36. The van der Waals surface area contributed by atoms with Crippen molar-refractivity contribution >= 4 is 0 Å². The minimum absolute atomic E-state index is 0.0449. The molecule has 2 rings (SSSR count). The van der Waals surface area contributed by atoms with E-state index in [1.54, 1.807) is 0 Å². The zero-order valence-corrected chi connectivity index (χ0v) is 17.7. The van der Waals surface area contributed by atoms with Crippen LogP contribution in [0.3, 0.4) is 0 Å². The summed E-state index contributed by atoms with van der Waals surface area (Å²) < 4.78 is 11.6. The van der Waals surface area contributed by atoms with Gasteiger partial charge in [0.05, 0.1) is 11.7 Å². The highest BCUT2D eigenvalue weighted by molar-refractivity contribution is 5.27. The van der Waals surface area contributed by atoms with Gasteiger partial charge in [-0.1, -0.05) is 26.0 Å². The maximum Gasteiger partial charge on any atom is 0.119 e. The van der Waals surface area contributed by atoms with Gasteiger partial charge in [0, 0.05) is 13.2 Å². The normalized spacial score (nSPS) is 21.2. The van der Waals surface area contributed by atoms with E-state index in [0.717, 1.165) is 43.2 Å². The molecule has 0 bridgehead atoms. The average molecular weight is 362 g/mol. The summed E-state index contributed by atoms with van der Waals surface area (Å²) in [5, 5.41) is 3.64. The van der Waals surface area contributed by atoms with Crippen molar-refractivity contribution in [3.8, 4) is 5.75 Å². The number of benzene rings is 1. The zero-order chi connectivity index (χ0) is 19.2. The summed E-state index contributed by atoms with van der Waals surface area (Å²) in [5.74, 6) is 3.23. The predicted molar refractivity (Wildman–Crippen MR) is 110 cm³/mol. The molecule has 1 aromatic carbocycles. The highest BCUT2D eigenvalue weighted by Crippen LogP contribution is 2.37. The summed E-state index contributed by atoms with van der Waals surface area (Å²) in [6, 6.07) is 8.45. The van der Waals surface area contributed by atoms with E-state index >= 15 is 0 Å². The number of hydrogen-bond donors (Lipinski definition) is 1. The Labute approximate surface area is 160 Å². The number of ether oxygens (including phenoxy) is 2. The Hall–Kier alpha value is -1.06. The van der Waals surface area contributed by atoms with Crippen LogP contribution in [0, 0.1) is 17.8 Å². The fourth-order valence-corrected chi connectivity index (χ4v) is 4.22. The van der Waals surface area contributed by atoms with E-state index in [0.29, 0.717) is 0 Å². The first-order valence-electron chi connectivity index (χ1n) is 10.4. The Morgan fingerprint density at radius 3 is 2.42 bits per heavy atom. The molecule has 3 heteroatoms. The quantitative estimate of drug-likeness (QED) is 0.595. The Morgan fingerprint density at radius 2 is 1.85 bits per heavy atom. The monoisotopic (exact) mass is 361 g/mol. The minimum Gasteiger partial charge on any atom is -0.491 e. The van der Waals surface area contributed by atoms with Gasteiger partial charge in [-0.15, -0.1) is 0 Å². The van der Waals surface area contributed by atoms with Crippen molar-refractivity contribution in [2.75, 3.05) is 13.2 Å². The smallest absolute Gasteiger partial charge is 0.119 e. The summed E-state index contributed by atoms with van der Waals surface area (Å²) >= 11 is 0. The third-order valence-electron chi connectivity index (χ3n) is 5.48. The lowest BCUT2D eigenvalue weighted by molar-refractivity contribution is -0.0867. The topological polar surface area (TPSA) is 30.5 Å². The maximum atomic E-state index is 5.92. The third-order valence-corrected chi connectivity index (χ3v) is 5.48. The standard InChI is InChI=1S/C23H39NO2/c1-17(2)22(20-12-14-25-23(5,6)15-20)11-13-24-16-19-7-9-21(10-8-19)26-18(3)4/h7-10,17-18,20,22,24H,11-16H2,1-6H3/t20-,22-/m0/s1. The third kappa shape index (κ3) is 6.92. The fourth-order valence-electron chi connectivity index (χ4n) is 4.22. The second-order valence-electron chi connectivity index (χ2n) is 9.04. The van der Waals surface area contributed by atoms with E-state index in [4.69, 9.17) is 9.47 Å². The fraction of sp³-hybridized carbons (Fsp3) is 0.739. The van der Waals surface area contributed by atoms with Crippen LogP contribution in [0.25, 0.3) is 0 Å². The van der Waals surface area contributed by atoms with Crippen LogP contribution < -0.4 is 10.1 Å². The van der Waals surface area contributed by atoms with E-state index in [1.165, 1.54) is 24.8 Å². The molecule has 0 aromatic heterocycles. The van der Waals surface area contributed by atoms with Crippen LogP contribution in [-0.2, 0) is 11.3 Å². The van der Waals surface area contributed by atoms with Crippen molar-refractivity contribution in [3.63, 3.8) is 0 Å². The SMILES string of the molecule is CC(C)Oc1ccc(CNCC[C@@H](C(C)C)[C@H]2CCOC(C)(C)C2)cc1. The number of rotatable bonds is 9. The van der Waals surface area contributed by atoms with E-state index < -0.39 is 0 Å². The molecule has 2 atom stereocenters. The highest BCUT2D eigenvalue weighted by Gasteiger charge is 2.34. The molecule has 0 unspecified atom stereocenters. The van der Waals surface area contributed by atoms with E-state index in [9.17, 15) is 0 Å². The molecule has 0 radical (unpaired) electrons. The average Bonchev–Trinajstić information content (AvgIpc) is 2.54. The van der Waals surface area contributed by atoms with E-state index in [2.05, 4.69) is 71.1 Å². The molecule has 3 nitrogen and oxygen atoms in total. The molecule has 1 N–H and O–H groups in total. The van der Waals surface area contributed by atoms with Gasteiger partial charge in [-0.25, -0.2) is 0 Å². The minimum atomic E-state index is 0.0449. The van der Waals surface area contributed by atoms with Crippen molar-refractivity contribution in [2.24, 2.45) is 17.8 Å². The molecular weight excluding hydrogens is 322 g/mol. The van der Waals surface area contributed by atoms with Crippen LogP contribution in [0.4, 0.5) is 0 Å². The predicted octanol–water partition coefficient (Wildman–Crippen LogP) is 5.43. The van der Waals surface area contributed by atoms with Gasteiger partial charge in [0.25, 0.3) is 0 Å². The summed E-state index contributed by atoms with van der Waals surface area (Å²) in [7, 11) is 0. The van der Waals surface area contributed by atoms with Crippen LogP contribution in [-0.4, -0.2) is 24.9 Å².